The Morgan fingerprint density at radius 2 is 1.27 bits per heavy atom. The van der Waals surface area contributed by atoms with E-state index < -0.39 is 61.1 Å². The molecule has 326 valence electrons. The summed E-state index contributed by atoms with van der Waals surface area (Å²) in [5.41, 5.74) is 5.67. The van der Waals surface area contributed by atoms with E-state index in [4.69, 9.17) is 27.8 Å². The summed E-state index contributed by atoms with van der Waals surface area (Å²) >= 11 is 0. The van der Waals surface area contributed by atoms with Crippen LogP contribution in [0.5, 0.6) is 5.75 Å². The van der Waals surface area contributed by atoms with E-state index in [1.807, 2.05) is 54.6 Å². The Balaban J connectivity index is 1.41. The fourth-order valence-electron chi connectivity index (χ4n) is 8.18. The van der Waals surface area contributed by atoms with Gasteiger partial charge in [-0.05, 0) is 127 Å². The number of pyridine rings is 1. The Morgan fingerprint density at radius 1 is 0.562 bits per heavy atom. The number of phenolic OH excluding ortho intramolecular Hbond substituents is 1. The van der Waals surface area contributed by atoms with Crippen LogP contribution in [-0.4, -0.2) is 19.6 Å². The number of nitrogens with zero attached hydrogens (tertiary/aromatic N) is 3. The van der Waals surface area contributed by atoms with Gasteiger partial charge in [0.1, 0.15) is 11.6 Å². The van der Waals surface area contributed by atoms with Crippen LogP contribution >= 0.6 is 0 Å². The van der Waals surface area contributed by atoms with Crippen LogP contribution in [0.25, 0.3) is 72.7 Å². The molecule has 0 bridgehead atoms. The normalized spacial score (nSPS) is 16.0. The van der Waals surface area contributed by atoms with Gasteiger partial charge in [-0.15, -0.1) is 0 Å². The lowest BCUT2D eigenvalue weighted by atomic mass is 9.83. The van der Waals surface area contributed by atoms with Crippen LogP contribution in [-0.2, 0) is 16.2 Å². The average Bonchev–Trinajstić information content (AvgIpc) is 3.86. The molecule has 8 aromatic rings. The Kier molecular flexibility index (Phi) is 8.03. The standard InChI is InChI=1S/C60H65N3O/c1-37(2)42-33-49(38(3)4)56(64)51(34-42)57-62-55-48(20-17-21-54(55)63(57)53-27-26-46(59(8,9)10)36-50(53)40-18-15-14-16-19-40)43-30-44(32-47(31-43)60(11,12)13)52-35-41(28-29-61-52)39-22-24-45(25-23-39)58(5,6)7/h14-38,64H,1-13H3/i5D3,6D3,7D3,22D,23D,24D,25D. The highest BCUT2D eigenvalue weighted by atomic mass is 16.3. The molecule has 0 unspecified atom stereocenters. The van der Waals surface area contributed by atoms with Crippen molar-refractivity contribution >= 4 is 11.0 Å². The SMILES string of the molecule is [2H]c1c([2H])c(C(C([2H])([2H])[2H])(C([2H])([2H])[2H])C([2H])([2H])[2H])c([2H])c([2H])c1-c1ccnc(-c2cc(-c3cccc4c3nc(-c3cc(C(C)C)cc(C(C)C)c3O)n4-c3ccc(C(C)(C)C)cc3-c3ccccc3)cc(C(C)(C)C)c2)c1. The summed E-state index contributed by atoms with van der Waals surface area (Å²) in [6.07, 6.45) is 1.44. The maximum atomic E-state index is 12.4. The van der Waals surface area contributed by atoms with Crippen molar-refractivity contribution in [3.63, 3.8) is 0 Å². The molecule has 64 heavy (non-hydrogen) atoms. The number of aromatic hydroxyl groups is 1. The van der Waals surface area contributed by atoms with Crippen LogP contribution in [0, 0.1) is 0 Å². The summed E-state index contributed by atoms with van der Waals surface area (Å²) in [6, 6.07) is 32.2. The lowest BCUT2D eigenvalue weighted by Crippen LogP contribution is -2.12. The van der Waals surface area contributed by atoms with Crippen molar-refractivity contribution in [3.8, 4) is 67.5 Å². The number of benzene rings is 6. The van der Waals surface area contributed by atoms with Gasteiger partial charge < -0.3 is 5.11 Å². The van der Waals surface area contributed by atoms with E-state index in [2.05, 4.69) is 116 Å². The molecule has 0 amide bonds. The highest BCUT2D eigenvalue weighted by Gasteiger charge is 2.27. The number of phenols is 1. The lowest BCUT2D eigenvalue weighted by molar-refractivity contribution is 0.466. The molecule has 0 fully saturated rings. The minimum Gasteiger partial charge on any atom is -0.507 e. The molecular formula is C60H65N3O. The zero-order valence-electron chi connectivity index (χ0n) is 51.4. The van der Waals surface area contributed by atoms with E-state index in [0.29, 0.717) is 28.2 Å². The monoisotopic (exact) mass is 857 g/mol. The fourth-order valence-corrected chi connectivity index (χ4v) is 8.18. The molecule has 0 aliphatic carbocycles. The van der Waals surface area contributed by atoms with Crippen molar-refractivity contribution in [2.45, 2.75) is 118 Å². The zero-order valence-corrected chi connectivity index (χ0v) is 38.4. The van der Waals surface area contributed by atoms with E-state index in [9.17, 15) is 5.11 Å². The smallest absolute Gasteiger partial charge is 0.149 e. The van der Waals surface area contributed by atoms with Crippen LogP contribution in [0.2, 0.25) is 0 Å². The number of para-hydroxylation sites is 1. The van der Waals surface area contributed by atoms with Gasteiger partial charge in [-0.1, -0.05) is 175 Å². The molecule has 2 aromatic heterocycles. The van der Waals surface area contributed by atoms with Gasteiger partial charge in [-0.25, -0.2) is 4.98 Å². The van der Waals surface area contributed by atoms with Crippen molar-refractivity contribution < 1.29 is 22.9 Å². The summed E-state index contributed by atoms with van der Waals surface area (Å²) < 4.78 is 113. The maximum Gasteiger partial charge on any atom is 0.149 e. The van der Waals surface area contributed by atoms with E-state index >= 15 is 0 Å². The van der Waals surface area contributed by atoms with Crippen LogP contribution in [0.4, 0.5) is 0 Å². The summed E-state index contributed by atoms with van der Waals surface area (Å²) in [5, 5.41) is 12.4. The number of aromatic nitrogens is 3. The van der Waals surface area contributed by atoms with Crippen LogP contribution in [0.15, 0.2) is 140 Å². The minimum atomic E-state index is -3.81. The van der Waals surface area contributed by atoms with Gasteiger partial charge in [0.25, 0.3) is 0 Å². The quantitative estimate of drug-likeness (QED) is 0.166. The van der Waals surface area contributed by atoms with Gasteiger partial charge in [-0.3, -0.25) is 9.55 Å². The molecule has 0 atom stereocenters. The van der Waals surface area contributed by atoms with E-state index in [1.165, 1.54) is 12.3 Å². The summed E-state index contributed by atoms with van der Waals surface area (Å²) in [4.78, 5) is 10.3. The molecule has 0 saturated carbocycles. The molecule has 4 nitrogen and oxygen atoms in total. The first-order valence-corrected chi connectivity index (χ1v) is 21.9. The van der Waals surface area contributed by atoms with Gasteiger partial charge in [-0.2, -0.15) is 0 Å². The van der Waals surface area contributed by atoms with Gasteiger partial charge in [0, 0.05) is 35.2 Å². The van der Waals surface area contributed by atoms with Gasteiger partial charge in [0.2, 0.25) is 0 Å². The second-order valence-electron chi connectivity index (χ2n) is 19.6. The Hall–Kier alpha value is -6.26. The first-order chi connectivity index (χ1) is 35.6. The van der Waals surface area contributed by atoms with Gasteiger partial charge in [0.05, 0.1) is 33.5 Å². The van der Waals surface area contributed by atoms with Gasteiger partial charge in [0.15, 0.2) is 0 Å². The van der Waals surface area contributed by atoms with Crippen molar-refractivity contribution in [3.05, 3.63) is 167 Å². The van der Waals surface area contributed by atoms with Crippen molar-refractivity contribution in [2.24, 2.45) is 0 Å². The molecule has 0 aliphatic rings. The van der Waals surface area contributed by atoms with E-state index in [1.54, 1.807) is 6.07 Å². The molecule has 0 radical (unpaired) electrons. The van der Waals surface area contributed by atoms with Crippen LogP contribution in [0.1, 0.15) is 147 Å². The molecule has 6 aromatic carbocycles. The predicted molar refractivity (Wildman–Crippen MR) is 272 cm³/mol. The third-order valence-corrected chi connectivity index (χ3v) is 12.0. The van der Waals surface area contributed by atoms with E-state index in [-0.39, 0.29) is 34.1 Å². The molecular weight excluding hydrogens is 779 g/mol. The fraction of sp³-hybridized carbons (Fsp3) is 0.300. The molecule has 0 aliphatic heterocycles. The Morgan fingerprint density at radius 3 is 1.92 bits per heavy atom. The molecule has 2 heterocycles. The van der Waals surface area contributed by atoms with Crippen molar-refractivity contribution in [2.75, 3.05) is 0 Å². The third-order valence-electron chi connectivity index (χ3n) is 12.0. The average molecular weight is 857 g/mol. The number of rotatable bonds is 8. The van der Waals surface area contributed by atoms with Crippen molar-refractivity contribution in [1.29, 1.82) is 0 Å². The molecule has 1 N–H and O–H groups in total. The number of imidazole rings is 1. The van der Waals surface area contributed by atoms with Crippen LogP contribution < -0.4 is 0 Å². The first kappa shape index (κ1) is 30.8. The molecule has 4 heteroatoms. The number of fused-ring (bicyclic) bond motifs is 1. The van der Waals surface area contributed by atoms with Crippen LogP contribution in [0.3, 0.4) is 0 Å². The number of hydrogen-bond donors (Lipinski definition) is 1. The largest absolute Gasteiger partial charge is 0.507 e. The number of hydrogen-bond acceptors (Lipinski definition) is 3. The Bertz CT molecular complexity index is 3510. The second kappa shape index (κ2) is 16.7. The highest BCUT2D eigenvalue weighted by molar-refractivity contribution is 5.98. The molecule has 0 saturated heterocycles. The maximum absolute atomic E-state index is 12.4. The first-order valence-electron chi connectivity index (χ1n) is 28.4. The van der Waals surface area contributed by atoms with Gasteiger partial charge >= 0.3 is 0 Å². The topological polar surface area (TPSA) is 50.9 Å². The zero-order chi connectivity index (χ0) is 56.9. The minimum absolute atomic E-state index is 0.00373. The molecule has 8 rings (SSSR count). The second-order valence-corrected chi connectivity index (χ2v) is 19.6. The van der Waals surface area contributed by atoms with E-state index in [0.717, 1.165) is 55.7 Å². The van der Waals surface area contributed by atoms with Crippen molar-refractivity contribution in [1.82, 2.24) is 14.5 Å². The highest BCUT2D eigenvalue weighted by Crippen LogP contribution is 2.45. The Labute approximate surface area is 400 Å². The lowest BCUT2D eigenvalue weighted by Gasteiger charge is -2.23. The summed E-state index contributed by atoms with van der Waals surface area (Å²) in [7, 11) is 0. The summed E-state index contributed by atoms with van der Waals surface area (Å²) in [5.74, 6) is 0.851. The molecule has 0 spiro atoms. The predicted octanol–water partition coefficient (Wildman–Crippen LogP) is 16.6. The summed E-state index contributed by atoms with van der Waals surface area (Å²) in [6.45, 7) is 9.80. The third kappa shape index (κ3) is 8.68.